The Labute approximate surface area is 679 Å². The summed E-state index contributed by atoms with van der Waals surface area (Å²) in [5, 5.41) is 19.6. The van der Waals surface area contributed by atoms with Crippen molar-refractivity contribution in [1.82, 2.24) is 19.5 Å². The van der Waals surface area contributed by atoms with E-state index >= 15 is 0 Å². The topological polar surface area (TPSA) is 109 Å². The lowest BCUT2D eigenvalue weighted by Gasteiger charge is -2.19. The third-order valence-electron chi connectivity index (χ3n) is 24.2. The van der Waals surface area contributed by atoms with Crippen LogP contribution in [0, 0.1) is 27.7 Å². The molecule has 0 unspecified atom stereocenters. The van der Waals surface area contributed by atoms with Crippen LogP contribution in [-0.2, 0) is 40.7 Å². The van der Waals surface area contributed by atoms with Crippen molar-refractivity contribution in [3.05, 3.63) is 345 Å². The highest BCUT2D eigenvalue weighted by Crippen LogP contribution is 2.48. The first-order valence-corrected chi connectivity index (χ1v) is 40.0. The highest BCUT2D eigenvalue weighted by molar-refractivity contribution is 6.15. The molecule has 5 aliphatic rings. The number of hydrogen-bond donors (Lipinski definition) is 0. The lowest BCUT2D eigenvalue weighted by molar-refractivity contribution is -0.707. The number of aryl methyl sites for hydroxylation is 5. The van der Waals surface area contributed by atoms with Crippen LogP contribution in [0.4, 0.5) is 0 Å². The van der Waals surface area contributed by atoms with Gasteiger partial charge in [0, 0.05) is 168 Å². The van der Waals surface area contributed by atoms with Crippen molar-refractivity contribution in [3.63, 3.8) is 0 Å². The Morgan fingerprint density at radius 2 is 0.644 bits per heavy atom. The molecule has 9 aromatic heterocycles. The molecule has 14 nitrogen and oxygen atoms in total. The standard InChI is InChI=1S/C24H16NO.C20H17N2O.3C20H15N2O/c1-2-6-16(7-3-1)20-13-12-17-10-11-19-14-18-8-4-5-9-21(18)25-15-26-24(20)22(17)23(19)25;1-13-5-6-15-8-7-14-9-10-16(17-4-3-11-21(17)2)20-18(14)19(15)22(13)12-23-20;1-13-2-3-16-5-4-15-6-7-17(14-8-10-21-11-9-14)20-18(15)19(16)22(13)12-23-20;1-13-4-5-15-7-6-14-8-9-17(16-3-2-10-21-11-16)20-18(14)19(15)22(13)12-23-20;1-13-5-6-15-8-7-14-9-10-16(17-4-2-3-11-21-17)20-18(14)19(15)22(13)12-23-20/h1-14H,15H2;3-11H,12H2,1-2H3;3*2-11H,12H2,1H3/q5*+1. The zero-order valence-electron chi connectivity index (χ0n) is 65.7. The first kappa shape index (κ1) is 69.7. The molecule has 0 bridgehead atoms. The molecule has 26 rings (SSSR count). The van der Waals surface area contributed by atoms with Crippen LogP contribution in [0.25, 0.3) is 175 Å². The number of rotatable bonds is 5. The minimum absolute atomic E-state index is 0.536. The van der Waals surface area contributed by atoms with Gasteiger partial charge in [0.05, 0.1) is 38.3 Å². The molecule has 118 heavy (non-hydrogen) atoms. The number of para-hydroxylation sites is 1. The molecule has 0 saturated heterocycles. The summed E-state index contributed by atoms with van der Waals surface area (Å²) in [5.74, 6) is 4.88. The number of hydrogen-bond acceptors (Lipinski definition) is 8. The zero-order chi connectivity index (χ0) is 78.8. The molecular weight excluding hydrogens is 1460 g/mol. The predicted octanol–water partition coefficient (Wildman–Crippen LogP) is 21.4. The van der Waals surface area contributed by atoms with Gasteiger partial charge >= 0.3 is 0 Å². The van der Waals surface area contributed by atoms with Crippen molar-refractivity contribution in [2.45, 2.75) is 61.3 Å². The van der Waals surface area contributed by atoms with Crippen molar-refractivity contribution in [3.8, 4) is 84.6 Å². The Hall–Kier alpha value is -15.0. The second kappa shape index (κ2) is 28.2. The monoisotopic (exact) mass is 1530 g/mol. The molecule has 0 fully saturated rings. The van der Waals surface area contributed by atoms with E-state index in [1.54, 1.807) is 6.20 Å². The first-order valence-electron chi connectivity index (χ1n) is 40.0. The van der Waals surface area contributed by atoms with Crippen LogP contribution in [0.3, 0.4) is 0 Å². The SMILES string of the molecule is Cc1ccc2ccc3ccc(-c4ccccn4)c4c3c2[n+]1CO4.Cc1ccc2ccc3ccc(-c4cccn4C)c4c3c2[n+]1CO4.Cc1ccc2ccc3ccc(-c4cccnc4)c4c3c2[n+]1CO4.Cc1ccc2ccc3ccc(-c4ccncc4)c4c3c2[n+]1CO4.c1ccc(-c2ccc3ccc4cc5ccccc5[n+]5c4c3c2OC5)cc1. The van der Waals surface area contributed by atoms with E-state index in [0.29, 0.717) is 33.7 Å². The number of aromatic nitrogens is 9. The van der Waals surface area contributed by atoms with Gasteiger partial charge < -0.3 is 28.3 Å². The first-order chi connectivity index (χ1) is 58.1. The molecule has 0 atom stereocenters. The van der Waals surface area contributed by atoms with Gasteiger partial charge in [-0.1, -0.05) is 115 Å². The van der Waals surface area contributed by atoms with Crippen molar-refractivity contribution >= 4 is 119 Å². The minimum atomic E-state index is 0.536. The average Bonchev–Trinajstić information content (AvgIpc) is 0.788. The number of fused-ring (bicyclic) bond motifs is 2. The van der Waals surface area contributed by atoms with Gasteiger partial charge in [-0.3, -0.25) is 15.0 Å². The normalized spacial score (nSPS) is 12.8. The van der Waals surface area contributed by atoms with Crippen LogP contribution in [-0.4, -0.2) is 19.5 Å². The smallest absolute Gasteiger partial charge is 0.293 e. The minimum Gasteiger partial charge on any atom is -0.434 e. The van der Waals surface area contributed by atoms with E-state index < -0.39 is 0 Å². The molecule has 0 radical (unpaired) electrons. The Morgan fingerprint density at radius 1 is 0.271 bits per heavy atom. The fraction of sp³-hybridized carbons (Fsp3) is 0.0962. The molecule has 0 amide bonds. The third-order valence-corrected chi connectivity index (χ3v) is 24.2. The van der Waals surface area contributed by atoms with Crippen molar-refractivity contribution in [1.29, 1.82) is 0 Å². The molecule has 0 saturated carbocycles. The van der Waals surface area contributed by atoms with Crippen molar-refractivity contribution in [2.24, 2.45) is 7.05 Å². The van der Waals surface area contributed by atoms with Gasteiger partial charge in [-0.05, 0) is 178 Å². The summed E-state index contributed by atoms with van der Waals surface area (Å²) in [4.78, 5) is 12.9. The summed E-state index contributed by atoms with van der Waals surface area (Å²) in [6.07, 6.45) is 11.2. The largest absolute Gasteiger partial charge is 0.434 e. The summed E-state index contributed by atoms with van der Waals surface area (Å²) in [5.41, 5.74) is 23.5. The fourth-order valence-corrected chi connectivity index (χ4v) is 18.3. The molecule has 564 valence electrons. The van der Waals surface area contributed by atoms with Gasteiger partial charge in [-0.15, -0.1) is 0 Å². The van der Waals surface area contributed by atoms with Gasteiger partial charge in [0.25, 0.3) is 33.7 Å². The van der Waals surface area contributed by atoms with E-state index in [1.807, 2.05) is 67.3 Å². The quantitative estimate of drug-likeness (QED) is 0.0952. The van der Waals surface area contributed by atoms with Crippen LogP contribution >= 0.6 is 0 Å². The van der Waals surface area contributed by atoms with Gasteiger partial charge in [-0.2, -0.15) is 22.8 Å². The van der Waals surface area contributed by atoms with Gasteiger partial charge in [0.1, 0.15) is 17.2 Å². The summed E-state index contributed by atoms with van der Waals surface area (Å²) >= 11 is 0. The van der Waals surface area contributed by atoms with Gasteiger partial charge in [0.2, 0.25) is 33.1 Å². The maximum Gasteiger partial charge on any atom is 0.293 e. The average molecular weight is 1530 g/mol. The van der Waals surface area contributed by atoms with E-state index in [-0.39, 0.29) is 0 Å². The van der Waals surface area contributed by atoms with Crippen LogP contribution < -0.4 is 46.5 Å². The molecule has 14 heterocycles. The lowest BCUT2D eigenvalue weighted by Crippen LogP contribution is -2.42. The predicted molar refractivity (Wildman–Crippen MR) is 467 cm³/mol. The molecule has 14 heteroatoms. The number of nitrogens with zero attached hydrogens (tertiary/aromatic N) is 9. The molecular formula is C104H78N9O5+5. The Bertz CT molecular complexity index is 7340. The summed E-state index contributed by atoms with van der Waals surface area (Å²) < 4.78 is 44.6. The van der Waals surface area contributed by atoms with Crippen LogP contribution in [0.1, 0.15) is 22.8 Å². The van der Waals surface area contributed by atoms with Crippen LogP contribution in [0.5, 0.6) is 28.7 Å². The molecule has 0 aliphatic carbocycles. The van der Waals surface area contributed by atoms with E-state index in [2.05, 4.69) is 326 Å². The lowest BCUT2D eigenvalue weighted by atomic mass is 9.96. The van der Waals surface area contributed by atoms with Crippen LogP contribution in [0.15, 0.2) is 322 Å². The Morgan fingerprint density at radius 3 is 1.10 bits per heavy atom. The Balaban J connectivity index is 0.0000000891. The van der Waals surface area contributed by atoms with E-state index in [0.717, 1.165) is 73.4 Å². The fourth-order valence-electron chi connectivity index (χ4n) is 18.3. The van der Waals surface area contributed by atoms with E-state index in [1.165, 1.54) is 153 Å². The van der Waals surface area contributed by atoms with E-state index in [9.17, 15) is 0 Å². The van der Waals surface area contributed by atoms with Crippen molar-refractivity contribution in [2.75, 3.05) is 0 Å². The van der Waals surface area contributed by atoms with Gasteiger partial charge in [0.15, 0.2) is 34.3 Å². The highest BCUT2D eigenvalue weighted by atomic mass is 16.5. The molecule has 5 aliphatic heterocycles. The summed E-state index contributed by atoms with van der Waals surface area (Å²) in [6, 6.07) is 100. The third kappa shape index (κ3) is 11.4. The summed E-state index contributed by atoms with van der Waals surface area (Å²) in [7, 11) is 2.07. The maximum absolute atomic E-state index is 6.34. The van der Waals surface area contributed by atoms with Crippen LogP contribution in [0.2, 0.25) is 0 Å². The second-order valence-electron chi connectivity index (χ2n) is 30.9. The Kier molecular flexibility index (Phi) is 16.7. The molecule has 0 spiro atoms. The molecule has 12 aromatic carbocycles. The molecule has 0 N–H and O–H groups in total. The second-order valence-corrected chi connectivity index (χ2v) is 30.9. The maximum atomic E-state index is 6.34. The number of pyridine rings is 8. The summed E-state index contributed by atoms with van der Waals surface area (Å²) in [6.45, 7) is 11.2. The highest BCUT2D eigenvalue weighted by Gasteiger charge is 2.34. The van der Waals surface area contributed by atoms with Crippen molar-refractivity contribution < 1.29 is 46.5 Å². The zero-order valence-corrected chi connectivity index (χ0v) is 65.7. The molecule has 21 aromatic rings. The van der Waals surface area contributed by atoms with E-state index in [4.69, 9.17) is 23.7 Å². The number of ether oxygens (including phenoxy) is 5. The number of benzene rings is 12. The van der Waals surface area contributed by atoms with Gasteiger partial charge in [-0.25, -0.2) is 0 Å².